The highest BCUT2D eigenvalue weighted by Crippen LogP contribution is 2.08. The summed E-state index contributed by atoms with van der Waals surface area (Å²) in [6.07, 6.45) is 6.96. The van der Waals surface area contributed by atoms with Crippen molar-refractivity contribution in [3.05, 3.63) is 42.0 Å². The van der Waals surface area contributed by atoms with Crippen LogP contribution in [0.3, 0.4) is 0 Å². The predicted molar refractivity (Wildman–Crippen MR) is 107 cm³/mol. The van der Waals surface area contributed by atoms with Crippen LogP contribution >= 0.6 is 0 Å². The lowest BCUT2D eigenvalue weighted by molar-refractivity contribution is 0.143. The molecule has 1 aromatic carbocycles. The Morgan fingerprint density at radius 1 is 1.04 bits per heavy atom. The van der Waals surface area contributed by atoms with Gasteiger partial charge in [0.05, 0.1) is 0 Å². The van der Waals surface area contributed by atoms with E-state index in [-0.39, 0.29) is 12.1 Å². The minimum absolute atomic E-state index is 0.0937. The van der Waals surface area contributed by atoms with Gasteiger partial charge < -0.3 is 15.1 Å². The molecule has 1 N–H and O–H groups in total. The van der Waals surface area contributed by atoms with Gasteiger partial charge in [-0.1, -0.05) is 42.5 Å². The Labute approximate surface area is 157 Å². The minimum atomic E-state index is 0.0937. The number of amides is 2. The molecule has 1 atom stereocenters. The van der Waals surface area contributed by atoms with Crippen molar-refractivity contribution in [2.75, 3.05) is 52.4 Å². The van der Waals surface area contributed by atoms with Crippen molar-refractivity contribution < 1.29 is 4.79 Å². The van der Waals surface area contributed by atoms with Gasteiger partial charge in [-0.3, -0.25) is 4.90 Å². The van der Waals surface area contributed by atoms with Crippen molar-refractivity contribution in [2.24, 2.45) is 0 Å². The van der Waals surface area contributed by atoms with Crippen molar-refractivity contribution in [3.63, 3.8) is 0 Å². The zero-order chi connectivity index (χ0) is 18.2. The number of rotatable bonds is 6. The van der Waals surface area contributed by atoms with Crippen LogP contribution in [-0.2, 0) is 0 Å². The second-order valence-electron chi connectivity index (χ2n) is 7.46. The number of hydrogen-bond donors (Lipinski definition) is 1. The lowest BCUT2D eigenvalue weighted by Gasteiger charge is -2.35. The van der Waals surface area contributed by atoms with Crippen LogP contribution in [0.1, 0.15) is 25.3 Å². The average molecular weight is 357 g/mol. The van der Waals surface area contributed by atoms with Crippen LogP contribution in [-0.4, -0.2) is 79.1 Å². The second kappa shape index (κ2) is 9.74. The van der Waals surface area contributed by atoms with Gasteiger partial charge in [-0.05, 0) is 38.4 Å². The molecule has 1 aromatic rings. The summed E-state index contributed by atoms with van der Waals surface area (Å²) in [5.41, 5.74) is 1.23. The molecule has 0 unspecified atom stereocenters. The van der Waals surface area contributed by atoms with E-state index in [1.54, 1.807) is 0 Å². The van der Waals surface area contributed by atoms with Crippen LogP contribution in [0.5, 0.6) is 0 Å². The van der Waals surface area contributed by atoms with Crippen LogP contribution in [0.2, 0.25) is 0 Å². The summed E-state index contributed by atoms with van der Waals surface area (Å²) in [5, 5.41) is 3.17. The van der Waals surface area contributed by atoms with E-state index in [0.717, 1.165) is 39.3 Å². The average Bonchev–Trinajstić information content (AvgIpc) is 3.16. The molecule has 2 fully saturated rings. The van der Waals surface area contributed by atoms with Crippen LogP contribution in [0.15, 0.2) is 36.4 Å². The molecule has 26 heavy (non-hydrogen) atoms. The van der Waals surface area contributed by atoms with Gasteiger partial charge in [0.2, 0.25) is 0 Å². The molecule has 2 aliphatic heterocycles. The van der Waals surface area contributed by atoms with Gasteiger partial charge in [-0.2, -0.15) is 0 Å². The Morgan fingerprint density at radius 3 is 2.42 bits per heavy atom. The Morgan fingerprint density at radius 2 is 1.73 bits per heavy atom. The van der Waals surface area contributed by atoms with Gasteiger partial charge in [0.15, 0.2) is 0 Å². The van der Waals surface area contributed by atoms with Gasteiger partial charge >= 0.3 is 6.03 Å². The van der Waals surface area contributed by atoms with Crippen LogP contribution in [0.25, 0.3) is 6.08 Å². The summed E-state index contributed by atoms with van der Waals surface area (Å²) in [4.78, 5) is 19.3. The fourth-order valence-electron chi connectivity index (χ4n) is 3.74. The molecule has 0 aromatic heterocycles. The number of carbonyl (C=O) groups excluding carboxylic acids is 1. The molecule has 0 saturated carbocycles. The SMILES string of the molecule is C[C@@H](CN1CCCC1)NC(=O)N1CCN(C/C=C/c2ccccc2)CC1. The van der Waals surface area contributed by atoms with E-state index < -0.39 is 0 Å². The summed E-state index contributed by atoms with van der Waals surface area (Å²) in [6, 6.07) is 10.7. The highest BCUT2D eigenvalue weighted by molar-refractivity contribution is 5.74. The summed E-state index contributed by atoms with van der Waals surface area (Å²) < 4.78 is 0. The number of nitrogens with zero attached hydrogens (tertiary/aromatic N) is 3. The number of hydrogen-bond acceptors (Lipinski definition) is 3. The molecule has 0 radical (unpaired) electrons. The maximum atomic E-state index is 12.5. The first-order valence-electron chi connectivity index (χ1n) is 9.92. The monoisotopic (exact) mass is 356 g/mol. The number of urea groups is 1. The van der Waals surface area contributed by atoms with E-state index in [4.69, 9.17) is 0 Å². The Hall–Kier alpha value is -1.85. The first kappa shape index (κ1) is 18.9. The number of piperazine rings is 1. The maximum absolute atomic E-state index is 12.5. The van der Waals surface area contributed by atoms with E-state index in [2.05, 4.69) is 58.5 Å². The molecule has 0 spiro atoms. The van der Waals surface area contributed by atoms with E-state index in [9.17, 15) is 4.79 Å². The van der Waals surface area contributed by atoms with Gasteiger partial charge in [-0.15, -0.1) is 0 Å². The first-order chi connectivity index (χ1) is 12.7. The molecule has 3 rings (SSSR count). The molecular weight excluding hydrogens is 324 g/mol. The number of likely N-dealkylation sites (tertiary alicyclic amines) is 1. The third-order valence-corrected chi connectivity index (χ3v) is 5.23. The van der Waals surface area contributed by atoms with E-state index >= 15 is 0 Å². The van der Waals surface area contributed by atoms with Crippen molar-refractivity contribution in [1.82, 2.24) is 20.0 Å². The quantitative estimate of drug-likeness (QED) is 0.851. The van der Waals surface area contributed by atoms with Crippen molar-refractivity contribution in [2.45, 2.75) is 25.8 Å². The molecule has 2 aliphatic rings. The Bertz CT molecular complexity index is 575. The van der Waals surface area contributed by atoms with Gasteiger partial charge in [0, 0.05) is 45.3 Å². The lowest BCUT2D eigenvalue weighted by atomic mass is 10.2. The van der Waals surface area contributed by atoms with Crippen molar-refractivity contribution in [1.29, 1.82) is 0 Å². The number of carbonyl (C=O) groups is 1. The molecule has 5 nitrogen and oxygen atoms in total. The highest BCUT2D eigenvalue weighted by Gasteiger charge is 2.22. The van der Waals surface area contributed by atoms with Crippen molar-refractivity contribution in [3.8, 4) is 0 Å². The number of benzene rings is 1. The van der Waals surface area contributed by atoms with E-state index in [1.165, 1.54) is 31.5 Å². The summed E-state index contributed by atoms with van der Waals surface area (Å²) >= 11 is 0. The van der Waals surface area contributed by atoms with E-state index in [1.807, 2.05) is 11.0 Å². The molecule has 2 saturated heterocycles. The molecule has 0 aliphatic carbocycles. The minimum Gasteiger partial charge on any atom is -0.334 e. The molecule has 2 amide bonds. The second-order valence-corrected chi connectivity index (χ2v) is 7.46. The van der Waals surface area contributed by atoms with Crippen LogP contribution in [0, 0.1) is 0 Å². The standard InChI is InChI=1S/C21H32N4O/c1-19(18-24-11-5-6-12-24)22-21(26)25-16-14-23(15-17-25)13-7-10-20-8-3-2-4-9-20/h2-4,7-10,19H,5-6,11-18H2,1H3,(H,22,26)/b10-7+/t19-/m0/s1. The first-order valence-corrected chi connectivity index (χ1v) is 9.92. The largest absolute Gasteiger partial charge is 0.334 e. The molecule has 2 heterocycles. The van der Waals surface area contributed by atoms with Crippen molar-refractivity contribution >= 4 is 12.1 Å². The third-order valence-electron chi connectivity index (χ3n) is 5.23. The van der Waals surface area contributed by atoms with Crippen LogP contribution < -0.4 is 5.32 Å². The van der Waals surface area contributed by atoms with E-state index in [0.29, 0.717) is 0 Å². The predicted octanol–water partition coefficient (Wildman–Crippen LogP) is 2.51. The maximum Gasteiger partial charge on any atom is 0.317 e. The summed E-state index contributed by atoms with van der Waals surface area (Å²) in [5.74, 6) is 0. The zero-order valence-corrected chi connectivity index (χ0v) is 15.9. The Kier molecular flexibility index (Phi) is 7.09. The lowest BCUT2D eigenvalue weighted by Crippen LogP contribution is -2.54. The smallest absolute Gasteiger partial charge is 0.317 e. The summed E-state index contributed by atoms with van der Waals surface area (Å²) in [6.45, 7) is 9.86. The third kappa shape index (κ3) is 5.85. The van der Waals surface area contributed by atoms with Gasteiger partial charge in [0.1, 0.15) is 0 Å². The highest BCUT2D eigenvalue weighted by atomic mass is 16.2. The normalized spacial score (nSPS) is 20.6. The number of nitrogens with one attached hydrogen (secondary N) is 1. The molecule has 142 valence electrons. The molecular formula is C21H32N4O. The molecule has 0 bridgehead atoms. The fourth-order valence-corrected chi connectivity index (χ4v) is 3.74. The van der Waals surface area contributed by atoms with Gasteiger partial charge in [0.25, 0.3) is 0 Å². The zero-order valence-electron chi connectivity index (χ0n) is 15.9. The fraction of sp³-hybridized carbons (Fsp3) is 0.571. The topological polar surface area (TPSA) is 38.8 Å². The van der Waals surface area contributed by atoms with Gasteiger partial charge in [-0.25, -0.2) is 4.79 Å². The molecule has 5 heteroatoms. The van der Waals surface area contributed by atoms with Crippen LogP contribution in [0.4, 0.5) is 4.79 Å². The summed E-state index contributed by atoms with van der Waals surface area (Å²) in [7, 11) is 0. The Balaban J connectivity index is 1.34.